The van der Waals surface area contributed by atoms with Gasteiger partial charge in [0.1, 0.15) is 0 Å². The van der Waals surface area contributed by atoms with Crippen LogP contribution >= 0.6 is 0 Å². The Kier molecular flexibility index (Phi) is 5.81. The van der Waals surface area contributed by atoms with Crippen LogP contribution in [-0.4, -0.2) is 38.7 Å². The second kappa shape index (κ2) is 6.58. The highest BCUT2D eigenvalue weighted by atomic mass is 28.4. The summed E-state index contributed by atoms with van der Waals surface area (Å²) >= 11 is 0. The van der Waals surface area contributed by atoms with Crippen LogP contribution in [0.1, 0.15) is 40.5 Å². The lowest BCUT2D eigenvalue weighted by Gasteiger charge is -2.37. The van der Waals surface area contributed by atoms with E-state index in [1.165, 1.54) is 6.92 Å². The number of esters is 1. The molecule has 0 aromatic carbocycles. The summed E-state index contributed by atoms with van der Waals surface area (Å²) in [7, 11) is -1.76. The summed E-state index contributed by atoms with van der Waals surface area (Å²) in [5, 5.41) is 10.0. The van der Waals surface area contributed by atoms with Crippen molar-refractivity contribution in [3.63, 3.8) is 0 Å². The SMILES string of the molecule is CC(=O)OC[C@@H]1C[C@@H](O)C[C@@H]1CO[Si](C)(C)C(C)(C)C. The van der Waals surface area contributed by atoms with Crippen molar-refractivity contribution in [2.24, 2.45) is 11.8 Å². The average Bonchev–Trinajstić information content (AvgIpc) is 2.63. The minimum atomic E-state index is -1.76. The fourth-order valence-corrected chi connectivity index (χ4v) is 3.41. The minimum Gasteiger partial charge on any atom is -0.466 e. The highest BCUT2D eigenvalue weighted by Crippen LogP contribution is 2.39. The van der Waals surface area contributed by atoms with Gasteiger partial charge in [0.05, 0.1) is 12.7 Å². The molecular formula is C15H30O4Si. The van der Waals surface area contributed by atoms with Gasteiger partial charge in [-0.3, -0.25) is 4.79 Å². The van der Waals surface area contributed by atoms with Gasteiger partial charge in [0, 0.05) is 19.4 Å². The Balaban J connectivity index is 2.54. The summed E-state index contributed by atoms with van der Waals surface area (Å²) in [5.41, 5.74) is 0. The van der Waals surface area contributed by atoms with Crippen molar-refractivity contribution in [2.45, 2.75) is 64.8 Å². The first-order valence-corrected chi connectivity index (χ1v) is 10.4. The summed E-state index contributed by atoms with van der Waals surface area (Å²) in [4.78, 5) is 10.9. The second-order valence-electron chi connectivity index (χ2n) is 7.52. The van der Waals surface area contributed by atoms with Gasteiger partial charge in [0.15, 0.2) is 8.32 Å². The van der Waals surface area contributed by atoms with Crippen LogP contribution in [0.15, 0.2) is 0 Å². The topological polar surface area (TPSA) is 55.8 Å². The molecule has 4 nitrogen and oxygen atoms in total. The number of aliphatic hydroxyl groups excluding tert-OH is 1. The summed E-state index contributed by atoms with van der Waals surface area (Å²) in [6, 6.07) is 0. The molecule has 1 aliphatic rings. The third-order valence-corrected chi connectivity index (χ3v) is 9.28. The van der Waals surface area contributed by atoms with Gasteiger partial charge in [-0.15, -0.1) is 0 Å². The van der Waals surface area contributed by atoms with Crippen molar-refractivity contribution in [2.75, 3.05) is 13.2 Å². The lowest BCUT2D eigenvalue weighted by Crippen LogP contribution is -2.42. The van der Waals surface area contributed by atoms with E-state index >= 15 is 0 Å². The Morgan fingerprint density at radius 1 is 1.20 bits per heavy atom. The van der Waals surface area contributed by atoms with Crippen molar-refractivity contribution in [3.05, 3.63) is 0 Å². The summed E-state index contributed by atoms with van der Waals surface area (Å²) in [5.74, 6) is 0.257. The van der Waals surface area contributed by atoms with Crippen LogP contribution in [0.5, 0.6) is 0 Å². The molecule has 0 amide bonds. The van der Waals surface area contributed by atoms with E-state index in [0.29, 0.717) is 25.6 Å². The van der Waals surface area contributed by atoms with Crippen LogP contribution in [-0.2, 0) is 14.0 Å². The molecule has 0 aromatic heterocycles. The van der Waals surface area contributed by atoms with Crippen LogP contribution in [0.25, 0.3) is 0 Å². The molecule has 1 aliphatic carbocycles. The first kappa shape index (κ1) is 17.7. The van der Waals surface area contributed by atoms with Crippen LogP contribution < -0.4 is 0 Å². The molecule has 0 spiro atoms. The monoisotopic (exact) mass is 302 g/mol. The fourth-order valence-electron chi connectivity index (χ4n) is 2.34. The molecule has 0 bridgehead atoms. The van der Waals surface area contributed by atoms with Crippen LogP contribution in [0.2, 0.25) is 18.1 Å². The average molecular weight is 302 g/mol. The van der Waals surface area contributed by atoms with E-state index in [9.17, 15) is 9.90 Å². The molecule has 1 N–H and O–H groups in total. The van der Waals surface area contributed by atoms with Crippen LogP contribution in [0.4, 0.5) is 0 Å². The smallest absolute Gasteiger partial charge is 0.302 e. The van der Waals surface area contributed by atoms with E-state index < -0.39 is 8.32 Å². The number of aliphatic hydroxyl groups is 1. The standard InChI is InChI=1S/C15H30O4Si/c1-11(16)18-9-12-7-14(17)8-13(12)10-19-20(5,6)15(2,3)4/h12-14,17H,7-10H2,1-6H3/t12-,13+,14+/m0/s1. The lowest BCUT2D eigenvalue weighted by atomic mass is 9.98. The summed E-state index contributed by atoms with van der Waals surface area (Å²) in [6.45, 7) is 13.6. The van der Waals surface area contributed by atoms with Gasteiger partial charge in [0.25, 0.3) is 0 Å². The van der Waals surface area contributed by atoms with Crippen molar-refractivity contribution in [3.8, 4) is 0 Å². The van der Waals surface area contributed by atoms with Gasteiger partial charge in [-0.05, 0) is 36.9 Å². The second-order valence-corrected chi connectivity index (χ2v) is 12.3. The van der Waals surface area contributed by atoms with Gasteiger partial charge < -0.3 is 14.3 Å². The molecule has 0 saturated heterocycles. The molecule has 3 atom stereocenters. The highest BCUT2D eigenvalue weighted by Gasteiger charge is 2.40. The molecule has 5 heteroatoms. The molecule has 0 radical (unpaired) electrons. The first-order valence-electron chi connectivity index (χ1n) is 7.48. The molecule has 0 unspecified atom stereocenters. The summed E-state index contributed by atoms with van der Waals surface area (Å²) in [6.07, 6.45) is 1.17. The number of ether oxygens (including phenoxy) is 1. The Morgan fingerprint density at radius 3 is 2.15 bits per heavy atom. The van der Waals surface area contributed by atoms with E-state index in [2.05, 4.69) is 33.9 Å². The molecule has 118 valence electrons. The van der Waals surface area contributed by atoms with Gasteiger partial charge >= 0.3 is 5.97 Å². The Bertz CT molecular complexity index is 335. The van der Waals surface area contributed by atoms with Crippen LogP contribution in [0, 0.1) is 11.8 Å². The van der Waals surface area contributed by atoms with E-state index in [0.717, 1.165) is 6.42 Å². The zero-order valence-electron chi connectivity index (χ0n) is 13.7. The van der Waals surface area contributed by atoms with Gasteiger partial charge in [-0.25, -0.2) is 0 Å². The molecule has 0 heterocycles. The zero-order valence-corrected chi connectivity index (χ0v) is 14.7. The molecule has 1 rings (SSSR count). The van der Waals surface area contributed by atoms with Crippen LogP contribution in [0.3, 0.4) is 0 Å². The highest BCUT2D eigenvalue weighted by molar-refractivity contribution is 6.74. The quantitative estimate of drug-likeness (QED) is 0.626. The number of carbonyl (C=O) groups is 1. The Hall–Kier alpha value is -0.393. The molecule has 1 fully saturated rings. The van der Waals surface area contributed by atoms with Gasteiger partial charge in [0.2, 0.25) is 0 Å². The molecule has 0 aromatic rings. The summed E-state index contributed by atoms with van der Waals surface area (Å²) < 4.78 is 11.4. The normalized spacial score (nSPS) is 27.6. The number of hydrogen-bond acceptors (Lipinski definition) is 4. The predicted octanol–water partition coefficient (Wildman–Crippen LogP) is 2.96. The number of rotatable bonds is 5. The van der Waals surface area contributed by atoms with Crippen molar-refractivity contribution in [1.82, 2.24) is 0 Å². The Morgan fingerprint density at radius 2 is 1.70 bits per heavy atom. The van der Waals surface area contributed by atoms with Crippen molar-refractivity contribution < 1.29 is 19.1 Å². The number of carbonyl (C=O) groups excluding carboxylic acids is 1. The van der Waals surface area contributed by atoms with E-state index in [1.54, 1.807) is 0 Å². The molecule has 1 saturated carbocycles. The van der Waals surface area contributed by atoms with Crippen molar-refractivity contribution >= 4 is 14.3 Å². The van der Waals surface area contributed by atoms with E-state index in [1.807, 2.05) is 0 Å². The molecule has 20 heavy (non-hydrogen) atoms. The fraction of sp³-hybridized carbons (Fsp3) is 0.933. The molecule has 0 aliphatic heterocycles. The van der Waals surface area contributed by atoms with Gasteiger partial charge in [-0.1, -0.05) is 20.8 Å². The lowest BCUT2D eigenvalue weighted by molar-refractivity contribution is -0.142. The van der Waals surface area contributed by atoms with E-state index in [4.69, 9.17) is 9.16 Å². The Labute approximate surface area is 124 Å². The zero-order chi connectivity index (χ0) is 15.6. The van der Waals surface area contributed by atoms with Gasteiger partial charge in [-0.2, -0.15) is 0 Å². The minimum absolute atomic E-state index is 0.190. The van der Waals surface area contributed by atoms with Crippen molar-refractivity contribution in [1.29, 1.82) is 0 Å². The maximum absolute atomic E-state index is 10.9. The predicted molar refractivity (Wildman–Crippen MR) is 82.0 cm³/mol. The maximum Gasteiger partial charge on any atom is 0.302 e. The first-order chi connectivity index (χ1) is 9.03. The third kappa shape index (κ3) is 4.86. The number of hydrogen-bond donors (Lipinski definition) is 1. The van der Waals surface area contributed by atoms with E-state index in [-0.39, 0.29) is 23.0 Å². The maximum atomic E-state index is 10.9. The third-order valence-electron chi connectivity index (χ3n) is 4.78. The largest absolute Gasteiger partial charge is 0.466 e. The molecular weight excluding hydrogens is 272 g/mol.